The highest BCUT2D eigenvalue weighted by Gasteiger charge is 2.29. The van der Waals surface area contributed by atoms with E-state index in [1.54, 1.807) is 0 Å². The van der Waals surface area contributed by atoms with E-state index >= 15 is 0 Å². The molecule has 0 radical (unpaired) electrons. The van der Waals surface area contributed by atoms with Gasteiger partial charge < -0.3 is 13.7 Å². The fourth-order valence-electron chi connectivity index (χ4n) is 21.0. The molecule has 0 aliphatic heterocycles. The van der Waals surface area contributed by atoms with Crippen molar-refractivity contribution in [3.8, 4) is 85.1 Å². The lowest BCUT2D eigenvalue weighted by Gasteiger charge is -2.14. The molecule has 18 aromatic carbocycles. The molecular formula is C123H80N10. The van der Waals surface area contributed by atoms with Crippen molar-refractivity contribution in [2.24, 2.45) is 0 Å². The number of rotatable bonds is 11. The van der Waals surface area contributed by atoms with E-state index < -0.39 is 0 Å². The highest BCUT2D eigenvalue weighted by atomic mass is 15.2. The minimum atomic E-state index is 0.887. The molecule has 622 valence electrons. The second-order valence-electron chi connectivity index (χ2n) is 34.0. The Labute approximate surface area is 764 Å². The summed E-state index contributed by atoms with van der Waals surface area (Å²) in [6.07, 6.45) is 0. The van der Waals surface area contributed by atoms with Gasteiger partial charge >= 0.3 is 0 Å². The maximum Gasteiger partial charge on any atom is 0.140 e. The van der Waals surface area contributed by atoms with Gasteiger partial charge in [-0.15, -0.1) is 0 Å². The van der Waals surface area contributed by atoms with Gasteiger partial charge in [-0.25, -0.2) is 15.0 Å². The summed E-state index contributed by atoms with van der Waals surface area (Å²) in [6, 6.07) is 173. The van der Waals surface area contributed by atoms with E-state index in [1.807, 2.05) is 12.1 Å². The van der Waals surface area contributed by atoms with Crippen LogP contribution in [0.3, 0.4) is 0 Å². The molecule has 28 rings (SSSR count). The first-order valence-corrected chi connectivity index (χ1v) is 45.3. The Kier molecular flexibility index (Phi) is 18.1. The zero-order chi connectivity index (χ0) is 87.6. The number of hydrogen-bond acceptors (Lipinski definition) is 3. The Bertz CT molecular complexity index is 9370. The summed E-state index contributed by atoms with van der Waals surface area (Å²) in [6.45, 7) is 0. The summed E-state index contributed by atoms with van der Waals surface area (Å²) < 4.78 is 16.7. The molecule has 0 spiro atoms. The van der Waals surface area contributed by atoms with Crippen molar-refractivity contribution in [2.45, 2.75) is 0 Å². The predicted octanol–water partition coefficient (Wildman–Crippen LogP) is 31.6. The molecule has 0 amide bonds. The zero-order valence-electron chi connectivity index (χ0n) is 72.2. The van der Waals surface area contributed by atoms with Crippen molar-refractivity contribution in [3.05, 3.63) is 485 Å². The monoisotopic (exact) mass is 1700 g/mol. The Balaban J connectivity index is 0.000000104. The van der Waals surface area contributed by atoms with Crippen molar-refractivity contribution < 1.29 is 0 Å². The van der Waals surface area contributed by atoms with Gasteiger partial charge in [0.05, 0.1) is 88.6 Å². The molecule has 0 atom stereocenters. The van der Waals surface area contributed by atoms with Crippen LogP contribution in [-0.2, 0) is 0 Å². The molecule has 133 heavy (non-hydrogen) atoms. The normalized spacial score (nSPS) is 11.8. The molecule has 0 aliphatic rings. The molecule has 0 N–H and O–H groups in total. The van der Waals surface area contributed by atoms with Crippen LogP contribution in [0.5, 0.6) is 0 Å². The zero-order valence-corrected chi connectivity index (χ0v) is 72.2. The number of hydrogen-bond donors (Lipinski definition) is 0. The number of benzene rings is 18. The van der Waals surface area contributed by atoms with E-state index in [-0.39, 0.29) is 0 Å². The van der Waals surface area contributed by atoms with Gasteiger partial charge in [0.1, 0.15) is 23.3 Å². The predicted molar refractivity (Wildman–Crippen MR) is 555 cm³/mol. The van der Waals surface area contributed by atoms with Crippen molar-refractivity contribution >= 4 is 153 Å². The quantitative estimate of drug-likeness (QED) is 0.130. The van der Waals surface area contributed by atoms with Gasteiger partial charge in [0.15, 0.2) is 0 Å². The van der Waals surface area contributed by atoms with Crippen molar-refractivity contribution in [2.75, 3.05) is 0 Å². The van der Waals surface area contributed by atoms with Crippen LogP contribution in [0.15, 0.2) is 485 Å². The Morgan fingerprint density at radius 1 is 0.135 bits per heavy atom. The van der Waals surface area contributed by atoms with E-state index in [4.69, 9.17) is 15.0 Å². The summed E-state index contributed by atoms with van der Waals surface area (Å²) in [4.78, 5) is 16.0. The maximum absolute atomic E-state index is 5.44. The second-order valence-corrected chi connectivity index (χ2v) is 34.0. The topological polar surface area (TPSA) is 73.2 Å². The lowest BCUT2D eigenvalue weighted by atomic mass is 9.96. The van der Waals surface area contributed by atoms with Gasteiger partial charge in [0.2, 0.25) is 0 Å². The molecule has 0 saturated carbocycles. The fraction of sp³-hybridized carbons (Fsp3) is 0. The molecule has 10 heteroatoms. The molecule has 0 bridgehead atoms. The van der Waals surface area contributed by atoms with Gasteiger partial charge in [-0.1, -0.05) is 358 Å². The lowest BCUT2D eigenvalue weighted by molar-refractivity contribution is 1.01. The SMILES string of the molecule is c1ccc(-c2ccc(-n3c4ccccc4c4ccc5c6ccccc6n(-c6cccc(-c7ccccc7)n6)c5c43)cc2)cc1.c1ccc(-c2cccc(-n3c4ccccc4c4c(-c5ccccc5)cc5c6ccccc6n(-c6ccccc6)c5c43)n2)cc1.c1ccc(-n2c3ccccc3c3ccc4c5ccccc5n(-c5cccc(-n6c7ccccc7c7ccccc76)n5)c4c32)cc1. The number of aromatic nitrogens is 10. The van der Waals surface area contributed by atoms with E-state index in [9.17, 15) is 0 Å². The van der Waals surface area contributed by atoms with Crippen LogP contribution in [0.2, 0.25) is 0 Å². The van der Waals surface area contributed by atoms with Crippen LogP contribution in [0.1, 0.15) is 0 Å². The molecule has 0 saturated heterocycles. The van der Waals surface area contributed by atoms with Crippen LogP contribution in [0, 0.1) is 0 Å². The van der Waals surface area contributed by atoms with Gasteiger partial charge in [-0.3, -0.25) is 18.3 Å². The number of fused-ring (bicyclic) bond motifs is 24. The highest BCUT2D eigenvalue weighted by molar-refractivity contribution is 6.29. The average molecular weight is 1700 g/mol. The van der Waals surface area contributed by atoms with Crippen LogP contribution in [-0.4, -0.2) is 46.9 Å². The van der Waals surface area contributed by atoms with Crippen LogP contribution in [0.25, 0.3) is 238 Å². The van der Waals surface area contributed by atoms with Gasteiger partial charge in [0, 0.05) is 104 Å². The summed E-state index contributed by atoms with van der Waals surface area (Å²) in [5, 5.41) is 17.1. The van der Waals surface area contributed by atoms with Crippen LogP contribution in [0.4, 0.5) is 0 Å². The molecule has 10 heterocycles. The Hall–Kier alpha value is -18.0. The summed E-state index contributed by atoms with van der Waals surface area (Å²) >= 11 is 0. The minimum Gasteiger partial charge on any atom is -0.307 e. The first-order chi connectivity index (χ1) is 66.1. The smallest absolute Gasteiger partial charge is 0.140 e. The molecule has 0 fully saturated rings. The Morgan fingerprint density at radius 2 is 0.383 bits per heavy atom. The van der Waals surface area contributed by atoms with Crippen LogP contribution >= 0.6 is 0 Å². The number of pyridine rings is 3. The maximum atomic E-state index is 5.44. The lowest BCUT2D eigenvalue weighted by Crippen LogP contribution is -2.04. The molecule has 10 aromatic heterocycles. The molecule has 10 nitrogen and oxygen atoms in total. The number of nitrogens with zero attached hydrogens (tertiary/aromatic N) is 10. The summed E-state index contributed by atoms with van der Waals surface area (Å²) in [5.41, 5.74) is 28.6. The minimum absolute atomic E-state index is 0.887. The van der Waals surface area contributed by atoms with Gasteiger partial charge in [0.25, 0.3) is 0 Å². The fourth-order valence-corrected chi connectivity index (χ4v) is 21.0. The van der Waals surface area contributed by atoms with E-state index in [0.717, 1.165) is 107 Å². The molecule has 28 aromatic rings. The highest BCUT2D eigenvalue weighted by Crippen LogP contribution is 2.49. The number of para-hydroxylation sites is 10. The van der Waals surface area contributed by atoms with E-state index in [2.05, 4.69) is 505 Å². The van der Waals surface area contributed by atoms with E-state index in [1.165, 1.54) is 131 Å². The largest absolute Gasteiger partial charge is 0.307 e. The Morgan fingerprint density at radius 3 is 0.774 bits per heavy atom. The third kappa shape index (κ3) is 12.4. The third-order valence-corrected chi connectivity index (χ3v) is 26.7. The van der Waals surface area contributed by atoms with Gasteiger partial charge in [-0.2, -0.15) is 0 Å². The van der Waals surface area contributed by atoms with E-state index in [0.29, 0.717) is 0 Å². The van der Waals surface area contributed by atoms with Crippen molar-refractivity contribution in [3.63, 3.8) is 0 Å². The second kappa shape index (κ2) is 31.5. The van der Waals surface area contributed by atoms with Crippen molar-refractivity contribution in [1.29, 1.82) is 0 Å². The molecule has 0 unspecified atom stereocenters. The molecular weight excluding hydrogens is 1620 g/mol. The third-order valence-electron chi connectivity index (χ3n) is 26.7. The van der Waals surface area contributed by atoms with Crippen molar-refractivity contribution in [1.82, 2.24) is 46.9 Å². The first-order valence-electron chi connectivity index (χ1n) is 45.3. The van der Waals surface area contributed by atoms with Gasteiger partial charge in [-0.05, 0) is 150 Å². The summed E-state index contributed by atoms with van der Waals surface area (Å²) in [7, 11) is 0. The molecule has 0 aliphatic carbocycles. The standard InChI is InChI=1S/C41H26N4.2C41H27N3/c1-2-13-27(14-3-1)43-34-19-8-6-17-30(34)32-25-26-33-31-18-7-11-22-37(31)45(41(33)40(32)43)39-24-12-23-38(42-39)44-35-20-9-4-15-28(35)29-16-5-10-21-36(29)44;1-4-15-28(16-5-1)33-27-34-31-21-10-12-24-36(31)43(30-19-8-3-9-20-30)40(34)41-39(33)32-22-11-13-25-37(32)44(41)38-26-14-23-35(42-38)29-17-6-2-7-18-29;1-3-12-28(13-4-1)29-22-24-31(25-23-29)43-37-19-9-7-16-32(37)34-26-27-35-33-17-8-10-20-38(33)44(41(35)40(34)43)39-21-11-18-36(42-39)30-14-5-2-6-15-30/h1-26H;2*1-27H. The average Bonchev–Trinajstić information content (AvgIpc) is 1.55. The summed E-state index contributed by atoms with van der Waals surface area (Å²) in [5.74, 6) is 3.58. The van der Waals surface area contributed by atoms with Crippen LogP contribution < -0.4 is 0 Å². The first kappa shape index (κ1) is 76.3.